The van der Waals surface area contributed by atoms with Crippen molar-refractivity contribution in [1.82, 2.24) is 26.1 Å². The van der Waals surface area contributed by atoms with Crippen LogP contribution in [0.2, 0.25) is 0 Å². The number of hydrogen-bond acceptors (Lipinski definition) is 4. The zero-order valence-corrected chi connectivity index (χ0v) is 10.9. The maximum atomic E-state index is 11.8. The van der Waals surface area contributed by atoms with E-state index in [0.717, 1.165) is 5.69 Å². The lowest BCUT2D eigenvalue weighted by atomic mass is 10.0. The second-order valence-electron chi connectivity index (χ2n) is 4.55. The molecule has 8 nitrogen and oxygen atoms in total. The second-order valence-corrected chi connectivity index (χ2v) is 4.55. The summed E-state index contributed by atoms with van der Waals surface area (Å²) in [5, 5.41) is 10.9. The lowest BCUT2D eigenvalue weighted by Gasteiger charge is -2.18. The fraction of sp³-hybridized carbons (Fsp3) is 0.545. The molecule has 8 heteroatoms. The third kappa shape index (κ3) is 5.87. The third-order valence-electron chi connectivity index (χ3n) is 2.37. The predicted molar refractivity (Wildman–Crippen MR) is 68.0 cm³/mol. The molecule has 0 aliphatic heterocycles. The molecule has 0 aromatic carbocycles. The summed E-state index contributed by atoms with van der Waals surface area (Å²) in [5.41, 5.74) is 5.99. The Morgan fingerprint density at radius 1 is 1.47 bits per heavy atom. The summed E-state index contributed by atoms with van der Waals surface area (Å²) in [6.07, 6.45) is 2.38. The van der Waals surface area contributed by atoms with Crippen LogP contribution >= 0.6 is 0 Å². The molecule has 0 fully saturated rings. The van der Waals surface area contributed by atoms with Crippen LogP contribution in [0.4, 0.5) is 4.79 Å². The molecule has 1 unspecified atom stereocenters. The van der Waals surface area contributed by atoms with Crippen molar-refractivity contribution >= 4 is 12.0 Å². The number of aromatic nitrogens is 2. The first kappa shape index (κ1) is 15.0. The SMILES string of the molecule is CC(C)CC(NC(=O)O)C(=O)NNCc1cnc[nH]1. The fourth-order valence-electron chi connectivity index (χ4n) is 1.55. The van der Waals surface area contributed by atoms with Gasteiger partial charge in [-0.15, -0.1) is 0 Å². The molecule has 1 rings (SSSR count). The summed E-state index contributed by atoms with van der Waals surface area (Å²) >= 11 is 0. The monoisotopic (exact) mass is 269 g/mol. The summed E-state index contributed by atoms with van der Waals surface area (Å²) in [5.74, 6) is -0.203. The van der Waals surface area contributed by atoms with E-state index < -0.39 is 18.0 Å². The highest BCUT2D eigenvalue weighted by atomic mass is 16.4. The van der Waals surface area contributed by atoms with Gasteiger partial charge in [-0.1, -0.05) is 13.8 Å². The smallest absolute Gasteiger partial charge is 0.405 e. The average molecular weight is 269 g/mol. The second kappa shape index (κ2) is 7.37. The molecule has 19 heavy (non-hydrogen) atoms. The number of nitrogens with one attached hydrogen (secondary N) is 4. The van der Waals surface area contributed by atoms with Crippen LogP contribution in [-0.2, 0) is 11.3 Å². The zero-order chi connectivity index (χ0) is 14.3. The Balaban J connectivity index is 2.40. The highest BCUT2D eigenvalue weighted by Crippen LogP contribution is 2.04. The number of hydrogen-bond donors (Lipinski definition) is 5. The van der Waals surface area contributed by atoms with Gasteiger partial charge < -0.3 is 15.4 Å². The van der Waals surface area contributed by atoms with Crippen LogP contribution in [0, 0.1) is 5.92 Å². The standard InChI is InChI=1S/C11H19N5O3/c1-7(2)3-9(15-11(18)19)10(17)16-14-5-8-4-12-6-13-8/h4,6-7,9,14-15H,3,5H2,1-2H3,(H,12,13)(H,16,17)(H,18,19). The first-order valence-corrected chi connectivity index (χ1v) is 5.98. The fourth-order valence-corrected chi connectivity index (χ4v) is 1.55. The van der Waals surface area contributed by atoms with E-state index in [1.165, 1.54) is 6.33 Å². The number of nitrogens with zero attached hydrogens (tertiary/aromatic N) is 1. The van der Waals surface area contributed by atoms with Crippen LogP contribution in [0.15, 0.2) is 12.5 Å². The number of amides is 2. The largest absolute Gasteiger partial charge is 0.465 e. The normalized spacial score (nSPS) is 12.2. The molecule has 1 heterocycles. The van der Waals surface area contributed by atoms with E-state index >= 15 is 0 Å². The van der Waals surface area contributed by atoms with Gasteiger partial charge in [0, 0.05) is 6.20 Å². The van der Waals surface area contributed by atoms with Gasteiger partial charge in [0.2, 0.25) is 0 Å². The molecule has 0 aliphatic rings. The molecule has 1 atom stereocenters. The van der Waals surface area contributed by atoms with Gasteiger partial charge >= 0.3 is 6.09 Å². The topological polar surface area (TPSA) is 119 Å². The number of hydrazine groups is 1. The highest BCUT2D eigenvalue weighted by Gasteiger charge is 2.21. The van der Waals surface area contributed by atoms with Gasteiger partial charge in [0.15, 0.2) is 0 Å². The van der Waals surface area contributed by atoms with Gasteiger partial charge in [-0.2, -0.15) is 0 Å². The summed E-state index contributed by atoms with van der Waals surface area (Å²) in [4.78, 5) is 29.2. The van der Waals surface area contributed by atoms with Crippen molar-refractivity contribution in [2.24, 2.45) is 5.92 Å². The molecule has 0 bridgehead atoms. The first-order valence-electron chi connectivity index (χ1n) is 5.98. The molecule has 106 valence electrons. The number of H-pyrrole nitrogens is 1. The molecular formula is C11H19N5O3. The van der Waals surface area contributed by atoms with Crippen molar-refractivity contribution in [3.05, 3.63) is 18.2 Å². The summed E-state index contributed by atoms with van der Waals surface area (Å²) < 4.78 is 0. The Labute approximate surface area is 111 Å². The van der Waals surface area contributed by atoms with E-state index in [1.807, 2.05) is 13.8 Å². The van der Waals surface area contributed by atoms with Crippen LogP contribution in [-0.4, -0.2) is 33.1 Å². The maximum Gasteiger partial charge on any atom is 0.405 e. The molecule has 2 amide bonds. The molecule has 1 aromatic rings. The van der Waals surface area contributed by atoms with Crippen molar-refractivity contribution < 1.29 is 14.7 Å². The van der Waals surface area contributed by atoms with Crippen molar-refractivity contribution in [2.75, 3.05) is 0 Å². The lowest BCUT2D eigenvalue weighted by Crippen LogP contribution is -2.50. The van der Waals surface area contributed by atoms with Gasteiger partial charge in [-0.3, -0.25) is 10.2 Å². The van der Waals surface area contributed by atoms with Gasteiger partial charge in [0.05, 0.1) is 18.6 Å². The molecule has 0 radical (unpaired) electrons. The summed E-state index contributed by atoms with van der Waals surface area (Å²) in [7, 11) is 0. The van der Waals surface area contributed by atoms with Crippen molar-refractivity contribution in [1.29, 1.82) is 0 Å². The van der Waals surface area contributed by atoms with Crippen molar-refractivity contribution in [2.45, 2.75) is 32.9 Å². The van der Waals surface area contributed by atoms with E-state index in [1.54, 1.807) is 6.20 Å². The molecule has 0 aliphatic carbocycles. The molecule has 5 N–H and O–H groups in total. The number of rotatable bonds is 7. The Hall–Kier alpha value is -2.09. The van der Waals surface area contributed by atoms with Crippen LogP contribution in [0.5, 0.6) is 0 Å². The van der Waals surface area contributed by atoms with E-state index in [-0.39, 0.29) is 5.92 Å². The number of carbonyl (C=O) groups excluding carboxylic acids is 1. The van der Waals surface area contributed by atoms with E-state index in [9.17, 15) is 9.59 Å². The van der Waals surface area contributed by atoms with E-state index in [4.69, 9.17) is 5.11 Å². The van der Waals surface area contributed by atoms with Gasteiger partial charge in [-0.25, -0.2) is 15.2 Å². The quantitative estimate of drug-likeness (QED) is 0.453. The van der Waals surface area contributed by atoms with E-state index in [2.05, 4.69) is 26.1 Å². The molecule has 0 saturated carbocycles. The minimum atomic E-state index is -1.21. The highest BCUT2D eigenvalue weighted by molar-refractivity contribution is 5.84. The molecule has 0 saturated heterocycles. The number of imidazole rings is 1. The zero-order valence-electron chi connectivity index (χ0n) is 10.9. The van der Waals surface area contributed by atoms with Gasteiger partial charge in [-0.05, 0) is 12.3 Å². The van der Waals surface area contributed by atoms with Gasteiger partial charge in [0.1, 0.15) is 6.04 Å². The van der Waals surface area contributed by atoms with Crippen molar-refractivity contribution in [3.63, 3.8) is 0 Å². The van der Waals surface area contributed by atoms with Gasteiger partial charge in [0.25, 0.3) is 5.91 Å². The molecular weight excluding hydrogens is 250 g/mol. The van der Waals surface area contributed by atoms with Crippen LogP contribution < -0.4 is 16.2 Å². The lowest BCUT2D eigenvalue weighted by molar-refractivity contribution is -0.124. The van der Waals surface area contributed by atoms with Crippen LogP contribution in [0.25, 0.3) is 0 Å². The Morgan fingerprint density at radius 3 is 2.74 bits per heavy atom. The summed E-state index contributed by atoms with van der Waals surface area (Å²) in [6.45, 7) is 4.22. The summed E-state index contributed by atoms with van der Waals surface area (Å²) in [6, 6.07) is -0.772. The minimum absolute atomic E-state index is 0.204. The Morgan fingerprint density at radius 2 is 2.21 bits per heavy atom. The minimum Gasteiger partial charge on any atom is -0.465 e. The third-order valence-corrected chi connectivity index (χ3v) is 2.37. The Bertz CT molecular complexity index is 404. The van der Waals surface area contributed by atoms with Crippen molar-refractivity contribution in [3.8, 4) is 0 Å². The van der Waals surface area contributed by atoms with Crippen LogP contribution in [0.3, 0.4) is 0 Å². The number of carbonyl (C=O) groups is 2. The maximum absolute atomic E-state index is 11.8. The predicted octanol–water partition coefficient (Wildman–Crippen LogP) is 0.213. The van der Waals surface area contributed by atoms with Crippen LogP contribution in [0.1, 0.15) is 26.0 Å². The molecule has 0 spiro atoms. The molecule has 1 aromatic heterocycles. The Kier molecular flexibility index (Phi) is 5.80. The van der Waals surface area contributed by atoms with E-state index in [0.29, 0.717) is 13.0 Å². The average Bonchev–Trinajstić information content (AvgIpc) is 2.79. The first-order chi connectivity index (χ1) is 8.99. The number of aromatic amines is 1. The number of carboxylic acid groups (broad SMARTS) is 1.